The van der Waals surface area contributed by atoms with Crippen molar-refractivity contribution in [2.75, 3.05) is 19.7 Å². The molecule has 0 saturated heterocycles. The number of carbonyl (C=O) groups is 1. The van der Waals surface area contributed by atoms with Gasteiger partial charge in [0, 0.05) is 19.5 Å². The molecule has 0 radical (unpaired) electrons. The molecule has 0 unspecified atom stereocenters. The van der Waals surface area contributed by atoms with Crippen LogP contribution in [0.15, 0.2) is 12.2 Å². The highest BCUT2D eigenvalue weighted by Gasteiger charge is 2.16. The Morgan fingerprint density at radius 2 is 1.81 bits per heavy atom. The predicted octanol–water partition coefficient (Wildman–Crippen LogP) is 3.78. The number of ether oxygens (including phenoxy) is 1. The van der Waals surface area contributed by atoms with E-state index in [2.05, 4.69) is 0 Å². The van der Waals surface area contributed by atoms with Gasteiger partial charge < -0.3 is 9.64 Å². The molecule has 0 heterocycles. The third kappa shape index (κ3) is 8.08. The molecule has 16 heavy (non-hydrogen) atoms. The van der Waals surface area contributed by atoms with Crippen LogP contribution in [0.4, 0.5) is 4.79 Å². The van der Waals surface area contributed by atoms with Crippen LogP contribution < -0.4 is 0 Å². The molecule has 6 heteroatoms. The first kappa shape index (κ1) is 15.9. The van der Waals surface area contributed by atoms with E-state index in [-0.39, 0.29) is 12.7 Å². The standard InChI is InChI=1S/C10H16Cl3NO2/c1-3-14(4-2)9(15)16-8-6-5-7-10(11,12)13/h5-6H,3-4,7-8H2,1-2H3/b6-5-. The van der Waals surface area contributed by atoms with Crippen LogP contribution in [-0.2, 0) is 4.74 Å². The smallest absolute Gasteiger partial charge is 0.410 e. The summed E-state index contributed by atoms with van der Waals surface area (Å²) in [4.78, 5) is 12.9. The topological polar surface area (TPSA) is 29.5 Å². The highest BCUT2D eigenvalue weighted by atomic mass is 35.6. The van der Waals surface area contributed by atoms with E-state index in [0.717, 1.165) is 0 Å². The predicted molar refractivity (Wildman–Crippen MR) is 68.3 cm³/mol. The van der Waals surface area contributed by atoms with E-state index in [9.17, 15) is 4.79 Å². The van der Waals surface area contributed by atoms with E-state index in [0.29, 0.717) is 19.5 Å². The number of rotatable bonds is 5. The third-order valence-electron chi connectivity index (χ3n) is 1.84. The Bertz CT molecular complexity index is 235. The summed E-state index contributed by atoms with van der Waals surface area (Å²) in [5.74, 6) is 0. The lowest BCUT2D eigenvalue weighted by molar-refractivity contribution is 0.116. The van der Waals surface area contributed by atoms with E-state index < -0.39 is 3.79 Å². The van der Waals surface area contributed by atoms with Crippen molar-refractivity contribution in [1.29, 1.82) is 0 Å². The molecule has 0 aromatic rings. The van der Waals surface area contributed by atoms with Crippen LogP contribution in [0, 0.1) is 0 Å². The van der Waals surface area contributed by atoms with Crippen molar-refractivity contribution in [3.63, 3.8) is 0 Å². The van der Waals surface area contributed by atoms with E-state index in [1.165, 1.54) is 0 Å². The van der Waals surface area contributed by atoms with Crippen LogP contribution in [0.3, 0.4) is 0 Å². The van der Waals surface area contributed by atoms with E-state index in [1.807, 2.05) is 13.8 Å². The number of nitrogens with zero attached hydrogens (tertiary/aromatic N) is 1. The van der Waals surface area contributed by atoms with E-state index in [4.69, 9.17) is 39.5 Å². The summed E-state index contributed by atoms with van der Waals surface area (Å²) in [5, 5.41) is 0. The maximum Gasteiger partial charge on any atom is 0.410 e. The molecule has 0 N–H and O–H groups in total. The van der Waals surface area contributed by atoms with Gasteiger partial charge in [0.25, 0.3) is 0 Å². The Morgan fingerprint density at radius 3 is 2.25 bits per heavy atom. The number of carbonyl (C=O) groups excluding carboxylic acids is 1. The molecule has 1 amide bonds. The van der Waals surface area contributed by atoms with Gasteiger partial charge in [0.05, 0.1) is 0 Å². The average Bonchev–Trinajstić information content (AvgIpc) is 2.17. The molecule has 0 aromatic carbocycles. The number of halogens is 3. The first-order valence-corrected chi connectivity index (χ1v) is 6.17. The fourth-order valence-electron chi connectivity index (χ4n) is 0.977. The summed E-state index contributed by atoms with van der Waals surface area (Å²) in [5.41, 5.74) is 0. The minimum atomic E-state index is -1.29. The van der Waals surface area contributed by atoms with Gasteiger partial charge in [-0.1, -0.05) is 47.0 Å². The maximum atomic E-state index is 11.4. The Kier molecular flexibility index (Phi) is 7.98. The number of hydrogen-bond acceptors (Lipinski definition) is 2. The number of allylic oxidation sites excluding steroid dienone is 1. The van der Waals surface area contributed by atoms with Crippen molar-refractivity contribution in [2.24, 2.45) is 0 Å². The largest absolute Gasteiger partial charge is 0.445 e. The van der Waals surface area contributed by atoms with Crippen molar-refractivity contribution >= 4 is 40.9 Å². The fraction of sp³-hybridized carbons (Fsp3) is 0.700. The second-order valence-electron chi connectivity index (χ2n) is 3.04. The van der Waals surface area contributed by atoms with E-state index >= 15 is 0 Å². The molecule has 0 aromatic heterocycles. The van der Waals surface area contributed by atoms with Gasteiger partial charge in [-0.25, -0.2) is 4.79 Å². The molecule has 0 rings (SSSR count). The second kappa shape index (κ2) is 8.04. The van der Waals surface area contributed by atoms with Gasteiger partial charge in [0.2, 0.25) is 0 Å². The summed E-state index contributed by atoms with van der Waals surface area (Å²) in [6.45, 7) is 5.24. The number of alkyl halides is 3. The summed E-state index contributed by atoms with van der Waals surface area (Å²) in [6.07, 6.45) is 3.29. The molecule has 0 fully saturated rings. The maximum absolute atomic E-state index is 11.4. The molecule has 0 bridgehead atoms. The molecule has 0 aliphatic rings. The van der Waals surface area contributed by atoms with Crippen molar-refractivity contribution < 1.29 is 9.53 Å². The van der Waals surface area contributed by atoms with Gasteiger partial charge in [0.15, 0.2) is 3.79 Å². The van der Waals surface area contributed by atoms with Crippen molar-refractivity contribution in [3.05, 3.63) is 12.2 Å². The second-order valence-corrected chi connectivity index (χ2v) is 5.56. The Balaban J connectivity index is 3.77. The molecule has 0 aliphatic heterocycles. The third-order valence-corrected chi connectivity index (χ3v) is 2.30. The number of amides is 1. The molecule has 3 nitrogen and oxygen atoms in total. The van der Waals surface area contributed by atoms with Crippen LogP contribution in [0.1, 0.15) is 20.3 Å². The highest BCUT2D eigenvalue weighted by molar-refractivity contribution is 6.67. The monoisotopic (exact) mass is 287 g/mol. The van der Waals surface area contributed by atoms with Crippen LogP contribution >= 0.6 is 34.8 Å². The normalized spacial score (nSPS) is 11.8. The minimum absolute atomic E-state index is 0.191. The quantitative estimate of drug-likeness (QED) is 0.569. The van der Waals surface area contributed by atoms with Gasteiger partial charge in [0.1, 0.15) is 6.61 Å². The van der Waals surface area contributed by atoms with Crippen molar-refractivity contribution in [1.82, 2.24) is 4.90 Å². The molecule has 0 atom stereocenters. The molecule has 0 spiro atoms. The Labute approximate surface area is 111 Å². The van der Waals surface area contributed by atoms with Gasteiger partial charge in [-0.05, 0) is 13.8 Å². The zero-order chi connectivity index (χ0) is 12.6. The zero-order valence-electron chi connectivity index (χ0n) is 9.38. The zero-order valence-corrected chi connectivity index (χ0v) is 11.6. The fourth-order valence-corrected chi connectivity index (χ4v) is 1.24. The van der Waals surface area contributed by atoms with E-state index in [1.54, 1.807) is 17.1 Å². The van der Waals surface area contributed by atoms with Crippen molar-refractivity contribution in [3.8, 4) is 0 Å². The molecule has 0 saturated carbocycles. The summed E-state index contributed by atoms with van der Waals surface area (Å²) < 4.78 is 3.68. The van der Waals surface area contributed by atoms with Gasteiger partial charge in [-0.2, -0.15) is 0 Å². The van der Waals surface area contributed by atoms with Crippen LogP contribution in [0.25, 0.3) is 0 Å². The Morgan fingerprint density at radius 1 is 1.25 bits per heavy atom. The number of hydrogen-bond donors (Lipinski definition) is 0. The molecular formula is C10H16Cl3NO2. The first-order chi connectivity index (χ1) is 7.40. The summed E-state index contributed by atoms with van der Waals surface area (Å²) in [6, 6.07) is 0. The van der Waals surface area contributed by atoms with Crippen molar-refractivity contribution in [2.45, 2.75) is 24.1 Å². The lowest BCUT2D eigenvalue weighted by Crippen LogP contribution is -2.31. The minimum Gasteiger partial charge on any atom is -0.445 e. The lowest BCUT2D eigenvalue weighted by atomic mass is 10.4. The Hall–Kier alpha value is -0.120. The van der Waals surface area contributed by atoms with Crippen LogP contribution in [0.2, 0.25) is 0 Å². The van der Waals surface area contributed by atoms with Crippen LogP contribution in [0.5, 0.6) is 0 Å². The first-order valence-electron chi connectivity index (χ1n) is 5.04. The molecular weight excluding hydrogens is 272 g/mol. The SMILES string of the molecule is CCN(CC)C(=O)OC/C=C\CC(Cl)(Cl)Cl. The van der Waals surface area contributed by atoms with Gasteiger partial charge >= 0.3 is 6.09 Å². The summed E-state index contributed by atoms with van der Waals surface area (Å²) >= 11 is 16.6. The lowest BCUT2D eigenvalue weighted by Gasteiger charge is -2.17. The van der Waals surface area contributed by atoms with Gasteiger partial charge in [-0.3, -0.25) is 0 Å². The van der Waals surface area contributed by atoms with Crippen LogP contribution in [-0.4, -0.2) is 34.5 Å². The molecule has 94 valence electrons. The van der Waals surface area contributed by atoms with Gasteiger partial charge in [-0.15, -0.1) is 0 Å². The highest BCUT2D eigenvalue weighted by Crippen LogP contribution is 2.30. The molecule has 0 aliphatic carbocycles. The average molecular weight is 289 g/mol. The summed E-state index contributed by atoms with van der Waals surface area (Å²) in [7, 11) is 0.